The van der Waals surface area contributed by atoms with E-state index in [1.165, 1.54) is 18.4 Å². The molecule has 0 radical (unpaired) electrons. The summed E-state index contributed by atoms with van der Waals surface area (Å²) in [7, 11) is 0. The highest BCUT2D eigenvalue weighted by Crippen LogP contribution is 2.33. The predicted molar refractivity (Wildman–Crippen MR) is 90.2 cm³/mol. The largest absolute Gasteiger partial charge is 0.370 e. The Hall–Kier alpha value is -1.32. The number of nitrogens with zero attached hydrogens (tertiary/aromatic N) is 3. The van der Waals surface area contributed by atoms with E-state index in [-0.39, 0.29) is 0 Å². The van der Waals surface area contributed by atoms with Crippen LogP contribution in [0.4, 0.5) is 11.6 Å². The summed E-state index contributed by atoms with van der Waals surface area (Å²) in [6.07, 6.45) is 5.97. The maximum atomic E-state index is 4.88. The van der Waals surface area contributed by atoms with Gasteiger partial charge in [-0.1, -0.05) is 13.8 Å². The molecule has 0 atom stereocenters. The molecule has 1 aliphatic rings. The van der Waals surface area contributed by atoms with Crippen molar-refractivity contribution in [2.24, 2.45) is 5.92 Å². The Kier molecular flexibility index (Phi) is 5.83. The average Bonchev–Trinajstić information content (AvgIpc) is 3.26. The molecule has 0 bridgehead atoms. The van der Waals surface area contributed by atoms with E-state index in [0.29, 0.717) is 0 Å². The van der Waals surface area contributed by atoms with Crippen LogP contribution in [-0.4, -0.2) is 29.6 Å². The summed E-state index contributed by atoms with van der Waals surface area (Å²) in [5, 5.41) is 3.40. The molecule has 0 saturated heterocycles. The lowest BCUT2D eigenvalue weighted by atomic mass is 10.2. The van der Waals surface area contributed by atoms with Crippen LogP contribution < -0.4 is 10.2 Å². The van der Waals surface area contributed by atoms with Crippen LogP contribution >= 0.6 is 0 Å². The molecule has 0 aliphatic heterocycles. The minimum atomic E-state index is 0.878. The fraction of sp³-hybridized carbons (Fsp3) is 0.765. The fourth-order valence-corrected chi connectivity index (χ4v) is 2.70. The molecule has 1 aromatic rings. The van der Waals surface area contributed by atoms with E-state index in [1.54, 1.807) is 0 Å². The molecule has 4 heteroatoms. The molecule has 0 spiro atoms. The van der Waals surface area contributed by atoms with E-state index in [4.69, 9.17) is 9.97 Å². The van der Waals surface area contributed by atoms with Gasteiger partial charge in [-0.3, -0.25) is 0 Å². The minimum absolute atomic E-state index is 0.878. The second-order valence-electron chi connectivity index (χ2n) is 6.11. The van der Waals surface area contributed by atoms with E-state index in [0.717, 1.165) is 62.3 Å². The Morgan fingerprint density at radius 3 is 2.48 bits per heavy atom. The van der Waals surface area contributed by atoms with Crippen molar-refractivity contribution in [3.63, 3.8) is 0 Å². The summed E-state index contributed by atoms with van der Waals surface area (Å²) in [6, 6.07) is 0. The Labute approximate surface area is 129 Å². The highest BCUT2D eigenvalue weighted by Gasteiger charge is 2.26. The lowest BCUT2D eigenvalue weighted by Crippen LogP contribution is -2.29. The number of hydrogen-bond acceptors (Lipinski definition) is 4. The molecule has 4 nitrogen and oxygen atoms in total. The van der Waals surface area contributed by atoms with Gasteiger partial charge in [0.2, 0.25) is 0 Å². The zero-order chi connectivity index (χ0) is 15.2. The Balaban J connectivity index is 2.31. The number of aromatic nitrogens is 2. The number of rotatable bonds is 9. The Morgan fingerprint density at radius 1 is 1.14 bits per heavy atom. The van der Waals surface area contributed by atoms with Gasteiger partial charge in [-0.25, -0.2) is 9.97 Å². The second-order valence-corrected chi connectivity index (χ2v) is 6.11. The molecule has 1 heterocycles. The Bertz CT molecular complexity index is 454. The monoisotopic (exact) mass is 290 g/mol. The summed E-state index contributed by atoms with van der Waals surface area (Å²) in [5.41, 5.74) is 1.20. The van der Waals surface area contributed by atoms with Crippen molar-refractivity contribution in [2.75, 3.05) is 29.9 Å². The number of hydrogen-bond donors (Lipinski definition) is 1. The zero-order valence-electron chi connectivity index (χ0n) is 14.1. The van der Waals surface area contributed by atoms with Crippen LogP contribution in [0, 0.1) is 12.8 Å². The van der Waals surface area contributed by atoms with Gasteiger partial charge in [0, 0.05) is 31.6 Å². The standard InChI is InChI=1S/C17H30N4/c1-5-8-15-19-16(18-7-3)13(4)17(20-15)21(11-6-2)12-14-9-10-14/h14H,5-12H2,1-4H3,(H,18,19,20). The first-order valence-electron chi connectivity index (χ1n) is 8.55. The van der Waals surface area contributed by atoms with Gasteiger partial charge in [0.05, 0.1) is 0 Å². The summed E-state index contributed by atoms with van der Waals surface area (Å²) in [4.78, 5) is 12.1. The van der Waals surface area contributed by atoms with Gasteiger partial charge in [-0.15, -0.1) is 0 Å². The molecule has 21 heavy (non-hydrogen) atoms. The van der Waals surface area contributed by atoms with Crippen LogP contribution in [0.1, 0.15) is 57.8 Å². The van der Waals surface area contributed by atoms with Gasteiger partial charge < -0.3 is 10.2 Å². The van der Waals surface area contributed by atoms with E-state index in [9.17, 15) is 0 Å². The summed E-state index contributed by atoms with van der Waals surface area (Å²) < 4.78 is 0. The Morgan fingerprint density at radius 2 is 1.90 bits per heavy atom. The number of nitrogens with one attached hydrogen (secondary N) is 1. The molecular weight excluding hydrogens is 260 g/mol. The van der Waals surface area contributed by atoms with Crippen LogP contribution in [-0.2, 0) is 6.42 Å². The van der Waals surface area contributed by atoms with Crippen molar-refractivity contribution in [1.82, 2.24) is 9.97 Å². The van der Waals surface area contributed by atoms with Gasteiger partial charge in [0.25, 0.3) is 0 Å². The first-order chi connectivity index (χ1) is 10.2. The van der Waals surface area contributed by atoms with E-state index < -0.39 is 0 Å². The minimum Gasteiger partial charge on any atom is -0.370 e. The average molecular weight is 290 g/mol. The number of aryl methyl sites for hydroxylation is 1. The van der Waals surface area contributed by atoms with Crippen molar-refractivity contribution in [3.05, 3.63) is 11.4 Å². The quantitative estimate of drug-likeness (QED) is 0.751. The zero-order valence-corrected chi connectivity index (χ0v) is 14.1. The molecule has 1 aliphatic carbocycles. The molecule has 0 amide bonds. The molecule has 0 unspecified atom stereocenters. The van der Waals surface area contributed by atoms with E-state index in [2.05, 4.69) is 37.9 Å². The van der Waals surface area contributed by atoms with Crippen LogP contribution in [0.15, 0.2) is 0 Å². The van der Waals surface area contributed by atoms with Gasteiger partial charge in [-0.2, -0.15) is 0 Å². The molecular formula is C17H30N4. The van der Waals surface area contributed by atoms with Crippen LogP contribution in [0.2, 0.25) is 0 Å². The fourth-order valence-electron chi connectivity index (χ4n) is 2.70. The third kappa shape index (κ3) is 4.32. The normalized spacial score (nSPS) is 14.3. The maximum Gasteiger partial charge on any atom is 0.137 e. The summed E-state index contributed by atoms with van der Waals surface area (Å²) in [5.74, 6) is 4.02. The van der Waals surface area contributed by atoms with Gasteiger partial charge in [0.15, 0.2) is 0 Å². The van der Waals surface area contributed by atoms with Crippen molar-refractivity contribution in [2.45, 2.75) is 59.8 Å². The van der Waals surface area contributed by atoms with Crippen molar-refractivity contribution in [3.8, 4) is 0 Å². The molecule has 118 valence electrons. The van der Waals surface area contributed by atoms with Crippen molar-refractivity contribution < 1.29 is 0 Å². The van der Waals surface area contributed by atoms with Crippen LogP contribution in [0.3, 0.4) is 0 Å². The SMILES string of the molecule is CCCc1nc(NCC)c(C)c(N(CCC)CC2CC2)n1. The lowest BCUT2D eigenvalue weighted by molar-refractivity contribution is 0.689. The van der Waals surface area contributed by atoms with Crippen LogP contribution in [0.25, 0.3) is 0 Å². The third-order valence-electron chi connectivity index (χ3n) is 3.95. The molecule has 1 aromatic heterocycles. The van der Waals surface area contributed by atoms with E-state index in [1.807, 2.05) is 0 Å². The molecule has 1 saturated carbocycles. The van der Waals surface area contributed by atoms with Gasteiger partial charge in [-0.05, 0) is 45.4 Å². The number of anilines is 2. The lowest BCUT2D eigenvalue weighted by Gasteiger charge is -2.26. The predicted octanol–water partition coefficient (Wildman–Crippen LogP) is 3.80. The smallest absolute Gasteiger partial charge is 0.137 e. The molecule has 2 rings (SSSR count). The first-order valence-corrected chi connectivity index (χ1v) is 8.55. The van der Waals surface area contributed by atoms with Crippen molar-refractivity contribution in [1.29, 1.82) is 0 Å². The maximum absolute atomic E-state index is 4.88. The second kappa shape index (κ2) is 7.62. The van der Waals surface area contributed by atoms with E-state index >= 15 is 0 Å². The summed E-state index contributed by atoms with van der Waals surface area (Å²) >= 11 is 0. The third-order valence-corrected chi connectivity index (χ3v) is 3.95. The molecule has 1 N–H and O–H groups in total. The summed E-state index contributed by atoms with van der Waals surface area (Å²) in [6.45, 7) is 11.8. The molecule has 0 aromatic carbocycles. The van der Waals surface area contributed by atoms with Gasteiger partial charge in [0.1, 0.15) is 17.5 Å². The first kappa shape index (κ1) is 16.1. The van der Waals surface area contributed by atoms with Crippen molar-refractivity contribution >= 4 is 11.6 Å². The van der Waals surface area contributed by atoms with Gasteiger partial charge >= 0.3 is 0 Å². The highest BCUT2D eigenvalue weighted by atomic mass is 15.2. The highest BCUT2D eigenvalue weighted by molar-refractivity contribution is 5.58. The van der Waals surface area contributed by atoms with Crippen LogP contribution in [0.5, 0.6) is 0 Å². The molecule has 1 fully saturated rings. The topological polar surface area (TPSA) is 41.1 Å².